The molecule has 1 aromatic carbocycles. The van der Waals surface area contributed by atoms with E-state index in [0.29, 0.717) is 23.5 Å². The number of methoxy groups -OCH3 is 2. The van der Waals surface area contributed by atoms with Crippen molar-refractivity contribution in [1.29, 1.82) is 0 Å². The lowest BCUT2D eigenvalue weighted by Gasteiger charge is -2.08. The molecule has 11 heteroatoms. The van der Waals surface area contributed by atoms with E-state index in [-0.39, 0.29) is 11.6 Å². The van der Waals surface area contributed by atoms with Crippen LogP contribution >= 0.6 is 0 Å². The maximum absolute atomic E-state index is 10.9. The minimum absolute atomic E-state index is 0.154. The molecule has 4 aromatic rings. The van der Waals surface area contributed by atoms with E-state index in [2.05, 4.69) is 20.2 Å². The lowest BCUT2D eigenvalue weighted by molar-refractivity contribution is -0.384. The molecule has 3 heterocycles. The maximum atomic E-state index is 10.9. The van der Waals surface area contributed by atoms with Gasteiger partial charge in [-0.3, -0.25) is 14.8 Å². The van der Waals surface area contributed by atoms with E-state index in [1.807, 2.05) is 24.3 Å². The fourth-order valence-corrected chi connectivity index (χ4v) is 2.74. The van der Waals surface area contributed by atoms with Gasteiger partial charge in [0.2, 0.25) is 5.88 Å². The molecule has 142 valence electrons. The quantitative estimate of drug-likeness (QED) is 0.367. The number of ether oxygens (including phenoxy) is 2. The second-order valence-corrected chi connectivity index (χ2v) is 5.82. The van der Waals surface area contributed by atoms with Gasteiger partial charge >= 0.3 is 5.69 Å². The van der Waals surface area contributed by atoms with E-state index in [4.69, 9.17) is 9.47 Å². The van der Waals surface area contributed by atoms with Crippen LogP contribution < -0.4 is 9.47 Å². The molecule has 0 atom stereocenters. The van der Waals surface area contributed by atoms with Crippen LogP contribution in [0.4, 0.5) is 5.69 Å². The second-order valence-electron chi connectivity index (χ2n) is 5.82. The Morgan fingerprint density at radius 1 is 1.07 bits per heavy atom. The first kappa shape index (κ1) is 17.4. The van der Waals surface area contributed by atoms with Gasteiger partial charge in [-0.2, -0.15) is 19.9 Å². The summed E-state index contributed by atoms with van der Waals surface area (Å²) < 4.78 is 13.5. The van der Waals surface area contributed by atoms with Crippen molar-refractivity contribution in [3.05, 3.63) is 58.5 Å². The number of nitrogens with zero attached hydrogens (tertiary/aromatic N) is 7. The average Bonchev–Trinajstić information content (AvgIpc) is 3.36. The summed E-state index contributed by atoms with van der Waals surface area (Å²) in [6, 6.07) is 7.63. The van der Waals surface area contributed by atoms with Crippen LogP contribution in [0.5, 0.6) is 11.6 Å². The number of hydrogen-bond donors (Lipinski definition) is 0. The highest BCUT2D eigenvalue weighted by Crippen LogP contribution is 2.25. The summed E-state index contributed by atoms with van der Waals surface area (Å²) in [6.07, 6.45) is 3.96. The zero-order valence-corrected chi connectivity index (χ0v) is 15.0. The van der Waals surface area contributed by atoms with E-state index in [0.717, 1.165) is 17.5 Å². The van der Waals surface area contributed by atoms with Gasteiger partial charge in [-0.25, -0.2) is 4.98 Å². The number of nitro groups is 1. The van der Waals surface area contributed by atoms with Crippen molar-refractivity contribution in [2.75, 3.05) is 14.2 Å². The number of rotatable bonds is 6. The summed E-state index contributed by atoms with van der Waals surface area (Å²) >= 11 is 0. The minimum Gasteiger partial charge on any atom is -0.497 e. The fourth-order valence-electron chi connectivity index (χ4n) is 2.74. The first-order chi connectivity index (χ1) is 13.6. The van der Waals surface area contributed by atoms with Crippen molar-refractivity contribution in [2.45, 2.75) is 6.54 Å². The van der Waals surface area contributed by atoms with Crippen molar-refractivity contribution < 1.29 is 14.4 Å². The minimum atomic E-state index is -0.536. The summed E-state index contributed by atoms with van der Waals surface area (Å²) in [5.41, 5.74) is 2.01. The van der Waals surface area contributed by atoms with Crippen LogP contribution in [0.2, 0.25) is 0 Å². The number of benzene rings is 1. The third-order valence-electron chi connectivity index (χ3n) is 4.11. The smallest absolute Gasteiger partial charge is 0.307 e. The highest BCUT2D eigenvalue weighted by Gasteiger charge is 2.18. The molecule has 11 nitrogen and oxygen atoms in total. The van der Waals surface area contributed by atoms with Gasteiger partial charge in [0.1, 0.15) is 29.2 Å². The summed E-state index contributed by atoms with van der Waals surface area (Å²) in [4.78, 5) is 19.1. The summed E-state index contributed by atoms with van der Waals surface area (Å²) in [7, 11) is 3.10. The maximum Gasteiger partial charge on any atom is 0.307 e. The first-order valence-corrected chi connectivity index (χ1v) is 8.19. The van der Waals surface area contributed by atoms with Crippen molar-refractivity contribution >= 4 is 16.7 Å². The third kappa shape index (κ3) is 3.09. The van der Waals surface area contributed by atoms with Gasteiger partial charge in [-0.05, 0) is 17.7 Å². The van der Waals surface area contributed by atoms with Gasteiger partial charge in [0.15, 0.2) is 0 Å². The highest BCUT2D eigenvalue weighted by atomic mass is 16.6. The molecule has 28 heavy (non-hydrogen) atoms. The van der Waals surface area contributed by atoms with Gasteiger partial charge in [-0.1, -0.05) is 12.1 Å². The topological polar surface area (TPSA) is 123 Å². The number of hydrogen-bond acceptors (Lipinski definition) is 8. The van der Waals surface area contributed by atoms with E-state index in [1.165, 1.54) is 18.0 Å². The Bertz CT molecular complexity index is 1150. The highest BCUT2D eigenvalue weighted by molar-refractivity contribution is 5.80. The predicted octanol–water partition coefficient (Wildman–Crippen LogP) is 1.99. The Morgan fingerprint density at radius 3 is 2.50 bits per heavy atom. The van der Waals surface area contributed by atoms with Crippen LogP contribution in [0.3, 0.4) is 0 Å². The summed E-state index contributed by atoms with van der Waals surface area (Å²) in [6.45, 7) is 0.486. The molecule has 0 bridgehead atoms. The molecule has 0 saturated carbocycles. The second kappa shape index (κ2) is 6.95. The lowest BCUT2D eigenvalue weighted by atomic mass is 10.2. The van der Waals surface area contributed by atoms with Crippen LogP contribution in [-0.2, 0) is 6.54 Å². The molecule has 0 aliphatic heterocycles. The molecule has 0 N–H and O–H groups in total. The molecule has 0 unspecified atom stereocenters. The Morgan fingerprint density at radius 2 is 1.86 bits per heavy atom. The van der Waals surface area contributed by atoms with Crippen LogP contribution in [0.25, 0.3) is 17.0 Å². The molecule has 0 spiro atoms. The first-order valence-electron chi connectivity index (χ1n) is 8.19. The summed E-state index contributed by atoms with van der Waals surface area (Å²) in [5, 5.41) is 19.2. The van der Waals surface area contributed by atoms with Gasteiger partial charge in [0, 0.05) is 0 Å². The van der Waals surface area contributed by atoms with Gasteiger partial charge in [0.05, 0.1) is 31.9 Å². The van der Waals surface area contributed by atoms with Crippen LogP contribution in [-0.4, -0.2) is 48.7 Å². The number of aromatic nitrogens is 6. The lowest BCUT2D eigenvalue weighted by Crippen LogP contribution is -2.07. The third-order valence-corrected chi connectivity index (χ3v) is 4.11. The Hall–Kier alpha value is -4.02. The largest absolute Gasteiger partial charge is 0.497 e. The zero-order chi connectivity index (χ0) is 19.7. The molecule has 0 aliphatic rings. The molecular weight excluding hydrogens is 366 g/mol. The van der Waals surface area contributed by atoms with E-state index in [9.17, 15) is 10.1 Å². The Kier molecular flexibility index (Phi) is 4.32. The van der Waals surface area contributed by atoms with Crippen LogP contribution in [0.1, 0.15) is 5.56 Å². The molecule has 0 aliphatic carbocycles. The molecule has 0 fully saturated rings. The molecule has 0 amide bonds. The number of fused-ring (bicyclic) bond motifs is 1. The van der Waals surface area contributed by atoms with Crippen LogP contribution in [0.15, 0.2) is 42.9 Å². The van der Waals surface area contributed by atoms with E-state index < -0.39 is 4.92 Å². The Labute approximate surface area is 158 Å². The van der Waals surface area contributed by atoms with Gasteiger partial charge in [-0.15, -0.1) is 0 Å². The normalized spacial score (nSPS) is 10.9. The van der Waals surface area contributed by atoms with Gasteiger partial charge in [0.25, 0.3) is 5.95 Å². The van der Waals surface area contributed by atoms with Crippen molar-refractivity contribution in [3.8, 4) is 17.6 Å². The van der Waals surface area contributed by atoms with E-state index >= 15 is 0 Å². The predicted molar refractivity (Wildman–Crippen MR) is 97.7 cm³/mol. The van der Waals surface area contributed by atoms with Crippen molar-refractivity contribution in [3.63, 3.8) is 0 Å². The average molecular weight is 381 g/mol. The zero-order valence-electron chi connectivity index (χ0n) is 15.0. The summed E-state index contributed by atoms with van der Waals surface area (Å²) in [5.74, 6) is 1.22. The van der Waals surface area contributed by atoms with Crippen LogP contribution in [0, 0.1) is 10.1 Å². The molecule has 0 saturated heterocycles. The fraction of sp³-hybridized carbons (Fsp3) is 0.176. The molecule has 4 rings (SSSR count). The van der Waals surface area contributed by atoms with Crippen molar-refractivity contribution in [2.24, 2.45) is 0 Å². The molecular formula is C17H15N7O4. The molecule has 3 aromatic heterocycles. The SMILES string of the molecule is COc1ccc(Cn2ncc3nc(-n4cc([N+](=O)[O-])cn4)nc(OC)c32)cc1. The Balaban J connectivity index is 1.73. The monoisotopic (exact) mass is 381 g/mol. The van der Waals surface area contributed by atoms with Crippen molar-refractivity contribution in [1.82, 2.24) is 29.5 Å². The van der Waals surface area contributed by atoms with E-state index in [1.54, 1.807) is 18.0 Å². The molecule has 0 radical (unpaired) electrons. The van der Waals surface area contributed by atoms with Gasteiger partial charge < -0.3 is 9.47 Å². The standard InChI is InChI=1S/C17H15N7O4/c1-27-13-5-3-11(4-6-13)9-22-15-14(8-19-22)20-17(21-16(15)28-2)23-10-12(7-18-23)24(25)26/h3-8,10H,9H2,1-2H3.